The van der Waals surface area contributed by atoms with E-state index in [0.717, 1.165) is 61.1 Å². The molecule has 2 aliphatic heterocycles. The number of amides is 1. The molecule has 1 aromatic carbocycles. The van der Waals surface area contributed by atoms with E-state index in [0.29, 0.717) is 18.7 Å². The van der Waals surface area contributed by atoms with E-state index in [1.165, 1.54) is 0 Å². The summed E-state index contributed by atoms with van der Waals surface area (Å²) in [4.78, 5) is 23.8. The number of carbonyl (C=O) groups excluding carboxylic acids is 1. The molecule has 4 heterocycles. The van der Waals surface area contributed by atoms with Crippen LogP contribution in [0.3, 0.4) is 0 Å². The van der Waals surface area contributed by atoms with E-state index in [1.54, 1.807) is 6.33 Å². The third-order valence-corrected chi connectivity index (χ3v) is 5.76. The lowest BCUT2D eigenvalue weighted by atomic mass is 9.97. The van der Waals surface area contributed by atoms with Crippen molar-refractivity contribution < 1.29 is 13.9 Å². The van der Waals surface area contributed by atoms with E-state index < -0.39 is 0 Å². The number of para-hydroxylation sites is 1. The molecule has 28 heavy (non-hydrogen) atoms. The molecule has 7 heteroatoms. The fourth-order valence-corrected chi connectivity index (χ4v) is 4.28. The monoisotopic (exact) mass is 380 g/mol. The van der Waals surface area contributed by atoms with Gasteiger partial charge in [-0.3, -0.25) is 4.79 Å². The van der Waals surface area contributed by atoms with E-state index >= 15 is 0 Å². The summed E-state index contributed by atoms with van der Waals surface area (Å²) < 4.78 is 11.7. The second kappa shape index (κ2) is 7.39. The standard InChI is InChI=1S/C21H24N4O3/c26-21(22-11-15-6-4-10-27-15)14-5-3-9-25(12-14)20-19-18(23-13-24-20)16-7-1-2-8-17(16)28-19/h1-2,7-8,13-15H,3-6,9-12H2,(H,22,26)/t14-,15+/m1/s1. The smallest absolute Gasteiger partial charge is 0.224 e. The molecule has 0 bridgehead atoms. The molecule has 2 aliphatic rings. The minimum atomic E-state index is -0.0513. The number of ether oxygens (including phenoxy) is 1. The van der Waals surface area contributed by atoms with Crippen molar-refractivity contribution in [1.29, 1.82) is 0 Å². The van der Waals surface area contributed by atoms with Crippen LogP contribution in [0.4, 0.5) is 5.82 Å². The highest BCUT2D eigenvalue weighted by molar-refractivity contribution is 6.05. The molecular weight excluding hydrogens is 356 g/mol. The minimum Gasteiger partial charge on any atom is -0.450 e. The summed E-state index contributed by atoms with van der Waals surface area (Å²) in [7, 11) is 0. The molecule has 5 rings (SSSR count). The van der Waals surface area contributed by atoms with Crippen molar-refractivity contribution >= 4 is 33.8 Å². The first kappa shape index (κ1) is 17.4. The van der Waals surface area contributed by atoms with E-state index in [-0.39, 0.29) is 17.9 Å². The van der Waals surface area contributed by atoms with Crippen LogP contribution in [0.1, 0.15) is 25.7 Å². The van der Waals surface area contributed by atoms with Crippen LogP contribution in [0.2, 0.25) is 0 Å². The minimum absolute atomic E-state index is 0.0513. The maximum atomic E-state index is 12.7. The van der Waals surface area contributed by atoms with Gasteiger partial charge in [0, 0.05) is 31.6 Å². The number of nitrogens with one attached hydrogen (secondary N) is 1. The van der Waals surface area contributed by atoms with Gasteiger partial charge < -0.3 is 19.4 Å². The molecule has 2 saturated heterocycles. The number of aromatic nitrogens is 2. The Morgan fingerprint density at radius 2 is 2.14 bits per heavy atom. The summed E-state index contributed by atoms with van der Waals surface area (Å²) in [6, 6.07) is 7.88. The number of fused-ring (bicyclic) bond motifs is 3. The number of carbonyl (C=O) groups is 1. The van der Waals surface area contributed by atoms with Crippen molar-refractivity contribution in [3.63, 3.8) is 0 Å². The summed E-state index contributed by atoms with van der Waals surface area (Å²) in [5.41, 5.74) is 2.33. The molecular formula is C21H24N4O3. The first-order valence-electron chi connectivity index (χ1n) is 10.1. The van der Waals surface area contributed by atoms with Crippen molar-refractivity contribution in [2.45, 2.75) is 31.8 Å². The van der Waals surface area contributed by atoms with Gasteiger partial charge in [-0.15, -0.1) is 0 Å². The summed E-state index contributed by atoms with van der Waals surface area (Å²) in [6.07, 6.45) is 5.70. The van der Waals surface area contributed by atoms with Crippen LogP contribution in [-0.2, 0) is 9.53 Å². The third-order valence-electron chi connectivity index (χ3n) is 5.76. The molecule has 1 N–H and O–H groups in total. The van der Waals surface area contributed by atoms with Gasteiger partial charge in [0.2, 0.25) is 5.91 Å². The highest BCUT2D eigenvalue weighted by Gasteiger charge is 2.29. The quantitative estimate of drug-likeness (QED) is 0.750. The van der Waals surface area contributed by atoms with Crippen molar-refractivity contribution in [2.75, 3.05) is 31.1 Å². The molecule has 0 aliphatic carbocycles. The fraction of sp³-hybridized carbons (Fsp3) is 0.476. The predicted molar refractivity (Wildman–Crippen MR) is 106 cm³/mol. The Morgan fingerprint density at radius 3 is 3.04 bits per heavy atom. The van der Waals surface area contributed by atoms with Crippen LogP contribution in [0, 0.1) is 5.92 Å². The van der Waals surface area contributed by atoms with Crippen molar-refractivity contribution in [3.05, 3.63) is 30.6 Å². The van der Waals surface area contributed by atoms with E-state index in [4.69, 9.17) is 9.15 Å². The predicted octanol–water partition coefficient (Wildman–Crippen LogP) is 2.89. The lowest BCUT2D eigenvalue weighted by Gasteiger charge is -2.32. The Kier molecular flexibility index (Phi) is 4.60. The largest absolute Gasteiger partial charge is 0.450 e. The van der Waals surface area contributed by atoms with Crippen LogP contribution in [0.25, 0.3) is 22.1 Å². The number of hydrogen-bond acceptors (Lipinski definition) is 6. The zero-order valence-corrected chi connectivity index (χ0v) is 15.8. The maximum Gasteiger partial charge on any atom is 0.224 e. The zero-order chi connectivity index (χ0) is 18.9. The molecule has 2 atom stereocenters. The number of furan rings is 1. The van der Waals surface area contributed by atoms with Crippen LogP contribution in [0.15, 0.2) is 35.0 Å². The average molecular weight is 380 g/mol. The van der Waals surface area contributed by atoms with Gasteiger partial charge >= 0.3 is 0 Å². The van der Waals surface area contributed by atoms with Crippen LogP contribution >= 0.6 is 0 Å². The zero-order valence-electron chi connectivity index (χ0n) is 15.8. The van der Waals surface area contributed by atoms with Gasteiger partial charge in [-0.05, 0) is 37.8 Å². The number of rotatable bonds is 4. The second-order valence-electron chi connectivity index (χ2n) is 7.64. The summed E-state index contributed by atoms with van der Waals surface area (Å²) >= 11 is 0. The number of nitrogens with zero attached hydrogens (tertiary/aromatic N) is 3. The Bertz CT molecular complexity index is 996. The van der Waals surface area contributed by atoms with Crippen molar-refractivity contribution in [2.24, 2.45) is 5.92 Å². The molecule has 1 amide bonds. The first-order chi connectivity index (χ1) is 13.8. The Labute approximate surface area is 163 Å². The Hall–Kier alpha value is -2.67. The van der Waals surface area contributed by atoms with Crippen LogP contribution in [0.5, 0.6) is 0 Å². The van der Waals surface area contributed by atoms with E-state index in [2.05, 4.69) is 20.2 Å². The van der Waals surface area contributed by atoms with Gasteiger partial charge in [0.25, 0.3) is 0 Å². The highest BCUT2D eigenvalue weighted by atomic mass is 16.5. The van der Waals surface area contributed by atoms with E-state index in [1.807, 2.05) is 24.3 Å². The van der Waals surface area contributed by atoms with Crippen molar-refractivity contribution in [1.82, 2.24) is 15.3 Å². The number of hydrogen-bond donors (Lipinski definition) is 1. The summed E-state index contributed by atoms with van der Waals surface area (Å²) in [5.74, 6) is 0.831. The molecule has 2 aromatic heterocycles. The van der Waals surface area contributed by atoms with Gasteiger partial charge in [0.1, 0.15) is 17.4 Å². The fourth-order valence-electron chi connectivity index (χ4n) is 4.28. The Morgan fingerprint density at radius 1 is 1.21 bits per heavy atom. The van der Waals surface area contributed by atoms with Gasteiger partial charge in [-0.2, -0.15) is 0 Å². The molecule has 2 fully saturated rings. The molecule has 0 saturated carbocycles. The van der Waals surface area contributed by atoms with Gasteiger partial charge in [0.15, 0.2) is 11.4 Å². The average Bonchev–Trinajstić information content (AvgIpc) is 3.39. The topological polar surface area (TPSA) is 80.5 Å². The second-order valence-corrected chi connectivity index (χ2v) is 7.64. The summed E-state index contributed by atoms with van der Waals surface area (Å²) in [6.45, 7) is 2.91. The number of piperidine rings is 1. The van der Waals surface area contributed by atoms with Crippen molar-refractivity contribution in [3.8, 4) is 0 Å². The van der Waals surface area contributed by atoms with Gasteiger partial charge in [-0.1, -0.05) is 12.1 Å². The number of anilines is 1. The summed E-state index contributed by atoms with van der Waals surface area (Å²) in [5, 5.41) is 4.07. The Balaban J connectivity index is 1.35. The lowest BCUT2D eigenvalue weighted by Crippen LogP contribution is -2.45. The van der Waals surface area contributed by atoms with E-state index in [9.17, 15) is 4.79 Å². The molecule has 7 nitrogen and oxygen atoms in total. The van der Waals surface area contributed by atoms with Gasteiger partial charge in [-0.25, -0.2) is 9.97 Å². The molecule has 0 spiro atoms. The number of benzene rings is 1. The molecule has 3 aromatic rings. The normalized spacial score (nSPS) is 22.8. The molecule has 0 radical (unpaired) electrons. The van der Waals surface area contributed by atoms with Crippen LogP contribution in [-0.4, -0.2) is 48.2 Å². The first-order valence-corrected chi connectivity index (χ1v) is 10.1. The third kappa shape index (κ3) is 3.20. The lowest BCUT2D eigenvalue weighted by molar-refractivity contribution is -0.125. The molecule has 146 valence electrons. The SMILES string of the molecule is O=C(NC[C@@H]1CCCO1)[C@@H]1CCCN(c2ncnc3c2oc2ccccc23)C1. The molecule has 0 unspecified atom stereocenters. The maximum absolute atomic E-state index is 12.7. The van der Waals surface area contributed by atoms with Crippen LogP contribution < -0.4 is 10.2 Å². The highest BCUT2D eigenvalue weighted by Crippen LogP contribution is 2.33. The van der Waals surface area contributed by atoms with Gasteiger partial charge in [0.05, 0.1) is 12.0 Å².